The number of ketones is 1. The van der Waals surface area contributed by atoms with Crippen molar-refractivity contribution in [3.63, 3.8) is 0 Å². The number of alkyl halides is 3. The van der Waals surface area contributed by atoms with Gasteiger partial charge in [-0.1, -0.05) is 44.2 Å². The Morgan fingerprint density at radius 1 is 1.15 bits per heavy atom. The van der Waals surface area contributed by atoms with E-state index in [-0.39, 0.29) is 17.7 Å². The van der Waals surface area contributed by atoms with Crippen molar-refractivity contribution in [1.29, 1.82) is 0 Å². The summed E-state index contributed by atoms with van der Waals surface area (Å²) in [5.74, 6) is -2.04. The van der Waals surface area contributed by atoms with Gasteiger partial charge in [-0.3, -0.25) is 4.79 Å². The van der Waals surface area contributed by atoms with E-state index in [9.17, 15) is 18.0 Å². The molecule has 0 saturated heterocycles. The highest BCUT2D eigenvalue weighted by Crippen LogP contribution is 2.21. The van der Waals surface area contributed by atoms with Crippen molar-refractivity contribution < 1.29 is 18.0 Å². The van der Waals surface area contributed by atoms with Crippen LogP contribution in [-0.2, 0) is 4.79 Å². The van der Waals surface area contributed by atoms with Crippen molar-refractivity contribution in [1.82, 2.24) is 5.32 Å². The fourth-order valence-electron chi connectivity index (χ4n) is 1.67. The molecule has 0 spiro atoms. The number of carbonyl (C=O) groups is 1. The van der Waals surface area contributed by atoms with Gasteiger partial charge in [-0.2, -0.15) is 13.2 Å². The maximum absolute atomic E-state index is 12.3. The molecule has 0 heterocycles. The first-order chi connectivity index (χ1) is 9.21. The van der Waals surface area contributed by atoms with Crippen LogP contribution in [-0.4, -0.2) is 12.0 Å². The van der Waals surface area contributed by atoms with E-state index < -0.39 is 12.0 Å². The summed E-state index contributed by atoms with van der Waals surface area (Å²) >= 11 is 0. The summed E-state index contributed by atoms with van der Waals surface area (Å²) in [4.78, 5) is 11.1. The van der Waals surface area contributed by atoms with Gasteiger partial charge in [0.15, 0.2) is 0 Å². The molecule has 0 aliphatic rings. The van der Waals surface area contributed by atoms with Gasteiger partial charge in [0, 0.05) is 17.8 Å². The number of halogens is 3. The second-order valence-electron chi connectivity index (χ2n) is 4.89. The molecule has 0 saturated carbocycles. The number of hydrogen-bond donors (Lipinski definition) is 1. The van der Waals surface area contributed by atoms with E-state index in [1.807, 2.05) is 37.3 Å². The topological polar surface area (TPSA) is 29.1 Å². The van der Waals surface area contributed by atoms with Gasteiger partial charge in [0.2, 0.25) is 0 Å². The zero-order chi connectivity index (χ0) is 15.3. The monoisotopic (exact) mass is 285 g/mol. The van der Waals surface area contributed by atoms with Crippen molar-refractivity contribution >= 4 is 5.78 Å². The highest BCUT2D eigenvalue weighted by Gasteiger charge is 2.37. The molecule has 0 aromatic heterocycles. The quantitative estimate of drug-likeness (QED) is 0.828. The Labute approximate surface area is 116 Å². The van der Waals surface area contributed by atoms with Gasteiger partial charge >= 0.3 is 6.18 Å². The molecule has 0 aliphatic carbocycles. The minimum atomic E-state index is -4.84. The largest absolute Gasteiger partial charge is 0.454 e. The SMILES string of the molecule is CC(C)/C(=C/C(=O)C(F)(F)F)N[C@H](C)c1ccccc1. The van der Waals surface area contributed by atoms with Crippen molar-refractivity contribution in [3.8, 4) is 0 Å². The molecule has 2 nitrogen and oxygen atoms in total. The van der Waals surface area contributed by atoms with E-state index >= 15 is 0 Å². The average molecular weight is 285 g/mol. The second-order valence-corrected chi connectivity index (χ2v) is 4.89. The van der Waals surface area contributed by atoms with Gasteiger partial charge in [0.1, 0.15) is 0 Å². The van der Waals surface area contributed by atoms with Crippen LogP contribution in [0.4, 0.5) is 13.2 Å². The average Bonchev–Trinajstić information content (AvgIpc) is 2.37. The summed E-state index contributed by atoms with van der Waals surface area (Å²) in [6.45, 7) is 5.31. The number of hydrogen-bond acceptors (Lipinski definition) is 2. The fourth-order valence-corrected chi connectivity index (χ4v) is 1.67. The third-order valence-electron chi connectivity index (χ3n) is 2.87. The second kappa shape index (κ2) is 6.59. The zero-order valence-corrected chi connectivity index (χ0v) is 11.7. The molecule has 1 atom stereocenters. The Morgan fingerprint density at radius 3 is 2.15 bits per heavy atom. The normalized spacial score (nSPS) is 14.2. The van der Waals surface area contributed by atoms with E-state index in [0.717, 1.165) is 5.56 Å². The Bertz CT molecular complexity index is 478. The first-order valence-electron chi connectivity index (χ1n) is 6.36. The molecular weight excluding hydrogens is 267 g/mol. The maximum atomic E-state index is 12.3. The van der Waals surface area contributed by atoms with Crippen molar-refractivity contribution in [2.24, 2.45) is 5.92 Å². The van der Waals surface area contributed by atoms with Crippen molar-refractivity contribution in [2.75, 3.05) is 0 Å². The molecule has 110 valence electrons. The lowest BCUT2D eigenvalue weighted by Crippen LogP contribution is -2.26. The van der Waals surface area contributed by atoms with Gasteiger partial charge in [-0.15, -0.1) is 0 Å². The molecule has 0 bridgehead atoms. The molecule has 1 N–H and O–H groups in total. The lowest BCUT2D eigenvalue weighted by atomic mass is 10.0. The van der Waals surface area contributed by atoms with Crippen LogP contribution in [0.5, 0.6) is 0 Å². The van der Waals surface area contributed by atoms with Crippen LogP contribution in [0.25, 0.3) is 0 Å². The first-order valence-corrected chi connectivity index (χ1v) is 6.36. The van der Waals surface area contributed by atoms with Gasteiger partial charge < -0.3 is 5.32 Å². The van der Waals surface area contributed by atoms with E-state index in [1.54, 1.807) is 13.8 Å². The van der Waals surface area contributed by atoms with E-state index in [2.05, 4.69) is 5.32 Å². The first kappa shape index (κ1) is 16.3. The summed E-state index contributed by atoms with van der Waals surface area (Å²) in [7, 11) is 0. The van der Waals surface area contributed by atoms with Gasteiger partial charge in [-0.05, 0) is 18.4 Å². The van der Waals surface area contributed by atoms with Crippen molar-refractivity contribution in [3.05, 3.63) is 47.7 Å². The lowest BCUT2D eigenvalue weighted by Gasteiger charge is -2.21. The highest BCUT2D eigenvalue weighted by atomic mass is 19.4. The molecule has 5 heteroatoms. The van der Waals surface area contributed by atoms with Gasteiger partial charge in [-0.25, -0.2) is 0 Å². The molecule has 1 aromatic carbocycles. The summed E-state index contributed by atoms with van der Waals surface area (Å²) in [6.07, 6.45) is -4.19. The molecule has 20 heavy (non-hydrogen) atoms. The number of allylic oxidation sites excluding steroid dienone is 2. The minimum absolute atomic E-state index is 0.175. The highest BCUT2D eigenvalue weighted by molar-refractivity contribution is 5.94. The Balaban J connectivity index is 2.89. The van der Waals surface area contributed by atoms with Crippen LogP contribution < -0.4 is 5.32 Å². The smallest absolute Gasteiger partial charge is 0.382 e. The molecule has 0 aliphatic heterocycles. The summed E-state index contributed by atoms with van der Waals surface area (Å²) in [5, 5.41) is 2.98. The van der Waals surface area contributed by atoms with E-state index in [0.29, 0.717) is 6.08 Å². The lowest BCUT2D eigenvalue weighted by molar-refractivity contribution is -0.165. The van der Waals surface area contributed by atoms with Crippen molar-refractivity contribution in [2.45, 2.75) is 33.0 Å². The minimum Gasteiger partial charge on any atom is -0.382 e. The summed E-state index contributed by atoms with van der Waals surface area (Å²) in [6, 6.07) is 9.15. The third kappa shape index (κ3) is 4.72. The van der Waals surface area contributed by atoms with E-state index in [1.165, 1.54) is 0 Å². The van der Waals surface area contributed by atoms with Gasteiger partial charge in [0.05, 0.1) is 0 Å². The molecule has 0 radical (unpaired) electrons. The molecule has 0 amide bonds. The Kier molecular flexibility index (Phi) is 5.36. The van der Waals surface area contributed by atoms with E-state index in [4.69, 9.17) is 0 Å². The van der Waals surface area contributed by atoms with Crippen LogP contribution in [0.2, 0.25) is 0 Å². The van der Waals surface area contributed by atoms with Crippen LogP contribution in [0.1, 0.15) is 32.4 Å². The predicted octanol–water partition coefficient (Wildman–Crippen LogP) is 4.01. The Morgan fingerprint density at radius 2 is 1.70 bits per heavy atom. The fraction of sp³-hybridized carbons (Fsp3) is 0.400. The number of carbonyl (C=O) groups excluding carboxylic acids is 1. The molecule has 0 unspecified atom stereocenters. The third-order valence-corrected chi connectivity index (χ3v) is 2.87. The maximum Gasteiger partial charge on any atom is 0.454 e. The standard InChI is InChI=1S/C15H18F3NO/c1-10(2)13(9-14(20)15(16,17)18)19-11(3)12-7-5-4-6-8-12/h4-11,19H,1-3H3/b13-9-/t11-/m1/s1. The van der Waals surface area contributed by atoms with Gasteiger partial charge in [0.25, 0.3) is 5.78 Å². The van der Waals surface area contributed by atoms with Crippen LogP contribution >= 0.6 is 0 Å². The zero-order valence-electron chi connectivity index (χ0n) is 11.7. The number of nitrogens with one attached hydrogen (secondary N) is 1. The number of rotatable bonds is 5. The summed E-state index contributed by atoms with van der Waals surface area (Å²) < 4.78 is 36.9. The molecular formula is C15H18F3NO. The Hall–Kier alpha value is -1.78. The number of benzene rings is 1. The van der Waals surface area contributed by atoms with Crippen LogP contribution in [0.3, 0.4) is 0 Å². The predicted molar refractivity (Wildman–Crippen MR) is 72.0 cm³/mol. The molecule has 1 rings (SSSR count). The molecule has 1 aromatic rings. The van der Waals surface area contributed by atoms with Crippen LogP contribution in [0.15, 0.2) is 42.1 Å². The summed E-state index contributed by atoms with van der Waals surface area (Å²) in [5.41, 5.74) is 1.22. The van der Waals surface area contributed by atoms with Crippen LogP contribution in [0, 0.1) is 5.92 Å². The molecule has 0 fully saturated rings.